The number of benzene rings is 8. The lowest BCUT2D eigenvalue weighted by Crippen LogP contribution is -2.38. The number of para-hydroxylation sites is 1. The highest BCUT2D eigenvalue weighted by atomic mass is 35.5. The summed E-state index contributed by atoms with van der Waals surface area (Å²) in [5.74, 6) is 3.79. The normalized spacial score (nSPS) is 19.5. The Kier molecular flexibility index (Phi) is 24.9. The third-order valence-corrected chi connectivity index (χ3v) is 27.3. The lowest BCUT2D eigenvalue weighted by Gasteiger charge is -2.25. The van der Waals surface area contributed by atoms with E-state index in [4.69, 9.17) is 16.3 Å². The van der Waals surface area contributed by atoms with E-state index in [1.54, 1.807) is 7.11 Å². The van der Waals surface area contributed by atoms with Crippen molar-refractivity contribution in [3.8, 4) is 50.3 Å². The zero-order valence-corrected chi connectivity index (χ0v) is 72.2. The van der Waals surface area contributed by atoms with Crippen molar-refractivity contribution in [1.82, 2.24) is 98.6 Å². The van der Waals surface area contributed by atoms with E-state index in [2.05, 4.69) is 166 Å². The predicted molar refractivity (Wildman–Crippen MR) is 493 cm³/mol. The fraction of sp³-hybridized carbons (Fsp3) is 0.327. The van der Waals surface area contributed by atoms with E-state index in [1.807, 2.05) is 189 Å². The van der Waals surface area contributed by atoms with Crippen molar-refractivity contribution in [2.24, 2.45) is 23.7 Å². The third kappa shape index (κ3) is 18.8. The maximum absolute atomic E-state index is 13.1. The maximum atomic E-state index is 13.1. The first-order valence-corrected chi connectivity index (χ1v) is 45.2. The molecule has 14 heterocycles. The number of carbonyl (C=O) groups is 4. The lowest BCUT2D eigenvalue weighted by molar-refractivity contribution is -0.132. The molecule has 6 saturated heterocycles. The summed E-state index contributed by atoms with van der Waals surface area (Å²) in [5, 5.41) is 28.3. The second-order valence-electron chi connectivity index (χ2n) is 35.0. The molecular formula is C101H105ClN20O5. The van der Waals surface area contributed by atoms with Crippen molar-refractivity contribution in [3.05, 3.63) is 284 Å². The number of rotatable bonds is 21. The standard InChI is InChI=1S/C27H31N5O2.C25H26ClN5O.C25H25N5O.C24H23N5O/c1-34-26-7-3-2-6-21(26)9-11-27(33)31-13-4-5-20(12-14-31)18-32-19-28-24-15-22(8-10-25(24)32)23-16-29-30-17-23;26-22-5-1-3-19(11-22)12-25(32)30-9-2-4-18(8-10-30)16-31-17-27-23-13-20(6-7-24(23)31)21-14-28-29-15-21;31-25(10-17-4-2-1-3-5-17)30-21-7-9-23(30)19(11-21)15-29-16-26-22-12-18(6-8-24(22)29)20-13-27-28-14-20;30-24(16-4-2-1-3-5-16)29-20-7-9-22(29)18(10-20)14-28-15-25-21-11-17(6-8-23(21)28)19-12-26-27-13-19/h2-3,6-8,10,15-17,19-20H,4-5,9,11-14,18H2,1H3,(H,29,30);1,3,5-7,11,13-15,17-18H,2,4,8-10,12,16H2,(H,28,29);1-6,8,12-14,16,19,21,23H,7,9-11,15H2,(H,27,28);1-6,8,11-13,15,18,20,22H,7,9-10,14H2,(H,26,27). The van der Waals surface area contributed by atoms with Crippen molar-refractivity contribution in [2.45, 2.75) is 153 Å². The molecule has 22 rings (SSSR count). The van der Waals surface area contributed by atoms with Crippen LogP contribution >= 0.6 is 11.6 Å². The van der Waals surface area contributed by atoms with E-state index in [1.165, 1.54) is 0 Å². The first kappa shape index (κ1) is 83.0. The first-order valence-electron chi connectivity index (χ1n) is 44.8. The molecule has 4 amide bonds. The Hall–Kier alpha value is -13.6. The topological polar surface area (TPSA) is 276 Å². The Bertz CT molecular complexity index is 6420. The SMILES string of the molecule is COc1ccccc1CCC(=O)N1CCCC(Cn2cnc3cc(-c4cn[nH]c4)ccc32)CC1.O=C(Cc1cccc(Cl)c1)N1CCCC(Cn2cnc3cc(-c4cn[nH]c4)ccc32)CC1.O=C(Cc1ccccc1)N1C2CCC1C(Cn1cnc3cc(-c4cn[nH]c4)ccc31)C2.O=C(c1ccccc1)N1C2CCC1C(Cn1cnc3cc(-c4cn[nH]c4)ccc31)C2. The number of H-pyrrole nitrogens is 4. The second kappa shape index (κ2) is 38.1. The Morgan fingerprint density at radius 3 is 1.29 bits per heavy atom. The van der Waals surface area contributed by atoms with E-state index >= 15 is 0 Å². The summed E-state index contributed by atoms with van der Waals surface area (Å²) >= 11 is 6.07. The van der Waals surface area contributed by atoms with Gasteiger partial charge in [0.15, 0.2) is 0 Å². The van der Waals surface area contributed by atoms with Gasteiger partial charge in [-0.15, -0.1) is 0 Å². The van der Waals surface area contributed by atoms with Gasteiger partial charge in [-0.05, 0) is 225 Å². The molecule has 127 heavy (non-hydrogen) atoms. The molecular weight excluding hydrogens is 1610 g/mol. The number of nitrogens with one attached hydrogen (secondary N) is 4. The number of hydrogen-bond acceptors (Lipinski definition) is 13. The van der Waals surface area contributed by atoms with Crippen molar-refractivity contribution in [3.63, 3.8) is 0 Å². The number of nitrogens with zero attached hydrogens (tertiary/aromatic N) is 16. The predicted octanol–water partition coefficient (Wildman–Crippen LogP) is 17.8. The van der Waals surface area contributed by atoms with Gasteiger partial charge in [-0.2, -0.15) is 20.4 Å². The molecule has 8 aromatic carbocycles. The van der Waals surface area contributed by atoms with Crippen molar-refractivity contribution in [1.29, 1.82) is 0 Å². The Balaban J connectivity index is 0.000000110. The molecule has 8 atom stereocenters. The number of hydrogen-bond donors (Lipinski definition) is 4. The summed E-state index contributed by atoms with van der Waals surface area (Å²) in [6, 6.07) is 62.3. The summed E-state index contributed by atoms with van der Waals surface area (Å²) in [6.07, 6.45) is 37.8. The molecule has 4 bridgehead atoms. The quantitative estimate of drug-likeness (QED) is 0.0521. The molecule has 0 saturated carbocycles. The molecule has 0 radical (unpaired) electrons. The number of aromatic nitrogens is 16. The van der Waals surface area contributed by atoms with Gasteiger partial charge < -0.3 is 42.6 Å². The largest absolute Gasteiger partial charge is 0.496 e. The van der Waals surface area contributed by atoms with Crippen LogP contribution in [-0.2, 0) is 59.8 Å². The number of aryl methyl sites for hydroxylation is 1. The van der Waals surface area contributed by atoms with Gasteiger partial charge in [-0.1, -0.05) is 115 Å². The van der Waals surface area contributed by atoms with Crippen LogP contribution in [0.5, 0.6) is 5.75 Å². The van der Waals surface area contributed by atoms with E-state index < -0.39 is 0 Å². The molecule has 646 valence electrons. The highest BCUT2D eigenvalue weighted by Crippen LogP contribution is 2.46. The number of imidazole rings is 4. The fourth-order valence-corrected chi connectivity index (χ4v) is 20.8. The van der Waals surface area contributed by atoms with Crippen LogP contribution in [0.4, 0.5) is 0 Å². The van der Waals surface area contributed by atoms with Crippen LogP contribution < -0.4 is 4.74 Å². The highest BCUT2D eigenvalue weighted by Gasteiger charge is 2.50. The van der Waals surface area contributed by atoms with Gasteiger partial charge in [0, 0.05) is 141 Å². The molecule has 0 spiro atoms. The number of amides is 4. The van der Waals surface area contributed by atoms with Crippen LogP contribution in [0.1, 0.15) is 111 Å². The van der Waals surface area contributed by atoms with Gasteiger partial charge in [0.1, 0.15) is 5.75 Å². The van der Waals surface area contributed by atoms with Gasteiger partial charge in [-0.3, -0.25) is 39.6 Å². The Morgan fingerprint density at radius 1 is 0.402 bits per heavy atom. The number of methoxy groups -OCH3 is 1. The van der Waals surface area contributed by atoms with Crippen LogP contribution in [0.3, 0.4) is 0 Å². The molecule has 6 aliphatic rings. The highest BCUT2D eigenvalue weighted by molar-refractivity contribution is 6.30. The molecule has 8 unspecified atom stereocenters. The van der Waals surface area contributed by atoms with E-state index in [0.717, 1.165) is 246 Å². The molecule has 4 N–H and O–H groups in total. The molecule has 16 aromatic rings. The van der Waals surface area contributed by atoms with Crippen LogP contribution in [0.15, 0.2) is 257 Å². The molecule has 26 heteroatoms. The first-order chi connectivity index (χ1) is 62.4. The summed E-state index contributed by atoms with van der Waals surface area (Å²) in [4.78, 5) is 79.0. The number of aromatic amines is 4. The zero-order valence-electron chi connectivity index (χ0n) is 71.4. The van der Waals surface area contributed by atoms with Gasteiger partial charge in [0.2, 0.25) is 17.7 Å². The van der Waals surface area contributed by atoms with Crippen molar-refractivity contribution >= 4 is 79.4 Å². The minimum absolute atomic E-state index is 0.186. The smallest absolute Gasteiger partial charge is 0.254 e. The molecule has 6 aliphatic heterocycles. The van der Waals surface area contributed by atoms with Crippen molar-refractivity contribution in [2.75, 3.05) is 33.3 Å². The van der Waals surface area contributed by atoms with Crippen LogP contribution in [-0.4, -0.2) is 180 Å². The van der Waals surface area contributed by atoms with E-state index in [-0.39, 0.29) is 23.6 Å². The number of likely N-dealkylation sites (tertiary alicyclic amines) is 2. The molecule has 0 aliphatic carbocycles. The number of halogens is 1. The zero-order chi connectivity index (χ0) is 86.1. The Labute approximate surface area is 742 Å². The van der Waals surface area contributed by atoms with Gasteiger partial charge >= 0.3 is 0 Å². The minimum Gasteiger partial charge on any atom is -0.496 e. The van der Waals surface area contributed by atoms with Crippen LogP contribution in [0.2, 0.25) is 5.02 Å². The lowest BCUT2D eigenvalue weighted by atomic mass is 9.89. The van der Waals surface area contributed by atoms with E-state index in [0.29, 0.717) is 78.5 Å². The van der Waals surface area contributed by atoms with Crippen LogP contribution in [0.25, 0.3) is 88.6 Å². The van der Waals surface area contributed by atoms with E-state index in [9.17, 15) is 19.2 Å². The minimum atomic E-state index is 0.186. The number of carbonyl (C=O) groups excluding carboxylic acids is 4. The van der Waals surface area contributed by atoms with Gasteiger partial charge in [0.25, 0.3) is 5.91 Å². The second-order valence-corrected chi connectivity index (χ2v) is 35.4. The van der Waals surface area contributed by atoms with Gasteiger partial charge in [0.05, 0.1) is 114 Å². The fourth-order valence-electron chi connectivity index (χ4n) is 20.6. The average molecular weight is 1710 g/mol. The third-order valence-electron chi connectivity index (χ3n) is 27.1. The monoisotopic (exact) mass is 1710 g/mol. The van der Waals surface area contributed by atoms with Gasteiger partial charge in [-0.25, -0.2) is 19.9 Å². The summed E-state index contributed by atoms with van der Waals surface area (Å²) < 4.78 is 14.5. The summed E-state index contributed by atoms with van der Waals surface area (Å²) in [6.45, 7) is 6.99. The maximum Gasteiger partial charge on any atom is 0.254 e. The molecule has 25 nitrogen and oxygen atoms in total. The molecule has 6 fully saturated rings. The average Bonchev–Trinajstić information content (AvgIpc) is 1.59. The number of fused-ring (bicyclic) bond motifs is 8. The Morgan fingerprint density at radius 2 is 0.827 bits per heavy atom. The van der Waals surface area contributed by atoms with Crippen LogP contribution in [0, 0.1) is 23.7 Å². The summed E-state index contributed by atoms with van der Waals surface area (Å²) in [7, 11) is 1.68. The molecule has 8 aromatic heterocycles. The summed E-state index contributed by atoms with van der Waals surface area (Å²) in [5.41, 5.74) is 21.3. The number of ether oxygens (including phenoxy) is 1. The van der Waals surface area contributed by atoms with Crippen molar-refractivity contribution < 1.29 is 23.9 Å².